The van der Waals surface area contributed by atoms with Gasteiger partial charge in [0.05, 0.1) is 23.4 Å². The molecule has 0 aliphatic carbocycles. The Morgan fingerprint density at radius 1 is 1.29 bits per heavy atom. The highest BCUT2D eigenvalue weighted by Crippen LogP contribution is 2.39. The molecule has 1 aromatic carbocycles. The lowest BCUT2D eigenvalue weighted by Crippen LogP contribution is -2.38. The highest BCUT2D eigenvalue weighted by Gasteiger charge is 2.22. The first kappa shape index (κ1) is 18.9. The molecule has 0 radical (unpaired) electrons. The summed E-state index contributed by atoms with van der Waals surface area (Å²) in [7, 11) is 0. The summed E-state index contributed by atoms with van der Waals surface area (Å²) < 4.78 is 13.3. The van der Waals surface area contributed by atoms with Gasteiger partial charge in [0.2, 0.25) is 0 Å². The number of hydrogen-bond acceptors (Lipinski definition) is 6. The third kappa shape index (κ3) is 3.17. The molecule has 0 spiro atoms. The Morgan fingerprint density at radius 2 is 2.04 bits per heavy atom. The lowest BCUT2D eigenvalue weighted by molar-refractivity contribution is 0.0323. The van der Waals surface area contributed by atoms with Crippen LogP contribution in [0.2, 0.25) is 0 Å². The van der Waals surface area contributed by atoms with Crippen LogP contribution in [0.4, 0.5) is 4.79 Å². The van der Waals surface area contributed by atoms with Gasteiger partial charge in [-0.2, -0.15) is 0 Å². The predicted octanol–water partition coefficient (Wildman–Crippen LogP) is 2.47. The van der Waals surface area contributed by atoms with Gasteiger partial charge < -0.3 is 15.2 Å². The molecule has 0 bridgehead atoms. The maximum Gasteiger partial charge on any atom is 0.326 e. The first-order valence-electron chi connectivity index (χ1n) is 9.29. The minimum atomic E-state index is -0.783. The molecule has 0 atom stereocenters. The summed E-state index contributed by atoms with van der Waals surface area (Å²) in [6, 6.07) is 4.92. The minimum absolute atomic E-state index is 0.421. The van der Waals surface area contributed by atoms with E-state index in [0.29, 0.717) is 23.3 Å². The van der Waals surface area contributed by atoms with E-state index in [9.17, 15) is 9.59 Å². The fraction of sp³-hybridized carbons (Fsp3) is 0.400. The molecule has 8 heteroatoms. The second-order valence-electron chi connectivity index (χ2n) is 6.94. The number of morpholine rings is 1. The number of primary amides is 1. The standard InChI is InChI=1S/C20H23N3O4S/c1-12-4-3-5-14-16(12)23(20(21)25)19(24)15-17(13(2)28-18(14)15)27-11-8-22-6-9-26-10-7-22/h3-5H,6-11H2,1-2H3,(H2,21,25). The lowest BCUT2D eigenvalue weighted by atomic mass is 10.1. The third-order valence-corrected chi connectivity index (χ3v) is 6.25. The number of hydrogen-bond donors (Lipinski definition) is 1. The van der Waals surface area contributed by atoms with Crippen molar-refractivity contribution >= 4 is 38.4 Å². The van der Waals surface area contributed by atoms with Crippen molar-refractivity contribution < 1.29 is 14.3 Å². The summed E-state index contributed by atoms with van der Waals surface area (Å²) in [6.45, 7) is 8.25. The molecule has 0 unspecified atom stereocenters. The second-order valence-corrected chi connectivity index (χ2v) is 8.17. The van der Waals surface area contributed by atoms with Gasteiger partial charge in [0.25, 0.3) is 5.56 Å². The summed E-state index contributed by atoms with van der Waals surface area (Å²) in [4.78, 5) is 28.5. The Bertz CT molecular complexity index is 1110. The first-order valence-corrected chi connectivity index (χ1v) is 10.1. The molecule has 2 N–H and O–H groups in total. The van der Waals surface area contributed by atoms with Gasteiger partial charge in [-0.1, -0.05) is 18.2 Å². The molecular weight excluding hydrogens is 378 g/mol. The van der Waals surface area contributed by atoms with Crippen LogP contribution in [0.15, 0.2) is 23.0 Å². The van der Waals surface area contributed by atoms with Crippen LogP contribution in [0.5, 0.6) is 5.75 Å². The number of aromatic nitrogens is 1. The van der Waals surface area contributed by atoms with Gasteiger partial charge in [-0.3, -0.25) is 9.69 Å². The summed E-state index contributed by atoms with van der Waals surface area (Å²) in [5, 5.41) is 1.27. The van der Waals surface area contributed by atoms with E-state index in [-0.39, 0.29) is 0 Å². The molecule has 3 heterocycles. The van der Waals surface area contributed by atoms with Crippen LogP contribution in [-0.4, -0.2) is 55.0 Å². The number of ether oxygens (including phenoxy) is 2. The average molecular weight is 401 g/mol. The van der Waals surface area contributed by atoms with Crippen molar-refractivity contribution in [2.75, 3.05) is 39.5 Å². The Morgan fingerprint density at radius 3 is 2.75 bits per heavy atom. The van der Waals surface area contributed by atoms with E-state index in [1.165, 1.54) is 11.3 Å². The number of amides is 1. The van der Waals surface area contributed by atoms with Gasteiger partial charge in [0, 0.05) is 29.9 Å². The molecule has 0 saturated carbocycles. The van der Waals surface area contributed by atoms with Crippen molar-refractivity contribution in [3.63, 3.8) is 0 Å². The number of carbonyl (C=O) groups is 1. The Hall–Kier alpha value is -2.42. The van der Waals surface area contributed by atoms with Gasteiger partial charge in [-0.25, -0.2) is 9.36 Å². The number of aryl methyl sites for hydroxylation is 2. The molecule has 1 fully saturated rings. The summed E-state index contributed by atoms with van der Waals surface area (Å²) in [5.74, 6) is 0.552. The number of carbonyl (C=O) groups excluding carboxylic acids is 1. The Balaban J connectivity index is 1.80. The molecule has 1 aliphatic rings. The fourth-order valence-electron chi connectivity index (χ4n) is 3.75. The molecule has 7 nitrogen and oxygen atoms in total. The zero-order chi connectivity index (χ0) is 19.8. The van der Waals surface area contributed by atoms with Crippen LogP contribution in [0.3, 0.4) is 0 Å². The molecule has 28 heavy (non-hydrogen) atoms. The van der Waals surface area contributed by atoms with Crippen molar-refractivity contribution in [1.29, 1.82) is 0 Å². The van der Waals surface area contributed by atoms with E-state index in [1.54, 1.807) is 0 Å². The normalized spacial score (nSPS) is 15.4. The molecule has 4 rings (SSSR count). The quantitative estimate of drug-likeness (QED) is 0.726. The van der Waals surface area contributed by atoms with Crippen molar-refractivity contribution in [2.45, 2.75) is 13.8 Å². The van der Waals surface area contributed by atoms with E-state index >= 15 is 0 Å². The van der Waals surface area contributed by atoms with E-state index in [2.05, 4.69) is 4.90 Å². The van der Waals surface area contributed by atoms with Crippen LogP contribution in [0, 0.1) is 13.8 Å². The Labute approximate surface area is 166 Å². The van der Waals surface area contributed by atoms with E-state index in [0.717, 1.165) is 57.9 Å². The van der Waals surface area contributed by atoms with E-state index < -0.39 is 11.6 Å². The first-order chi connectivity index (χ1) is 13.5. The van der Waals surface area contributed by atoms with E-state index in [1.807, 2.05) is 32.0 Å². The van der Waals surface area contributed by atoms with Crippen LogP contribution < -0.4 is 16.0 Å². The molecule has 2 aromatic heterocycles. The number of benzene rings is 1. The number of para-hydroxylation sites is 1. The van der Waals surface area contributed by atoms with Crippen LogP contribution >= 0.6 is 11.3 Å². The predicted molar refractivity (Wildman–Crippen MR) is 111 cm³/mol. The van der Waals surface area contributed by atoms with Crippen LogP contribution in [0.1, 0.15) is 10.4 Å². The zero-order valence-corrected chi connectivity index (χ0v) is 16.8. The number of pyridine rings is 1. The number of nitrogens with zero attached hydrogens (tertiary/aromatic N) is 2. The topological polar surface area (TPSA) is 86.8 Å². The van der Waals surface area contributed by atoms with Crippen LogP contribution in [0.25, 0.3) is 21.0 Å². The SMILES string of the molecule is Cc1sc2c(c1OCCN1CCOCC1)c(=O)n(C(N)=O)c1c(C)cccc21. The zero-order valence-electron chi connectivity index (χ0n) is 16.0. The maximum absolute atomic E-state index is 13.2. The number of rotatable bonds is 4. The van der Waals surface area contributed by atoms with E-state index in [4.69, 9.17) is 15.2 Å². The summed E-state index contributed by atoms with van der Waals surface area (Å²) in [6.07, 6.45) is 0. The molecule has 3 aromatic rings. The lowest BCUT2D eigenvalue weighted by Gasteiger charge is -2.26. The highest BCUT2D eigenvalue weighted by atomic mass is 32.1. The van der Waals surface area contributed by atoms with Crippen molar-refractivity contribution in [2.24, 2.45) is 5.73 Å². The minimum Gasteiger partial charge on any atom is -0.490 e. The fourth-order valence-corrected chi connectivity index (χ4v) is 4.87. The van der Waals surface area contributed by atoms with Crippen molar-refractivity contribution in [1.82, 2.24) is 9.47 Å². The monoisotopic (exact) mass is 401 g/mol. The molecule has 1 aliphatic heterocycles. The second kappa shape index (κ2) is 7.54. The number of fused-ring (bicyclic) bond motifs is 3. The number of thiophene rings is 1. The van der Waals surface area contributed by atoms with Gasteiger partial charge in [-0.15, -0.1) is 11.3 Å². The van der Waals surface area contributed by atoms with Crippen LogP contribution in [-0.2, 0) is 4.74 Å². The third-order valence-electron chi connectivity index (χ3n) is 5.13. The van der Waals surface area contributed by atoms with Gasteiger partial charge >= 0.3 is 6.03 Å². The highest BCUT2D eigenvalue weighted by molar-refractivity contribution is 7.20. The van der Waals surface area contributed by atoms with Gasteiger partial charge in [0.15, 0.2) is 0 Å². The average Bonchev–Trinajstić information content (AvgIpc) is 3.00. The molecule has 1 saturated heterocycles. The number of nitrogens with two attached hydrogens (primary N) is 1. The Kier molecular flexibility index (Phi) is 5.09. The maximum atomic E-state index is 13.2. The summed E-state index contributed by atoms with van der Waals surface area (Å²) in [5.41, 5.74) is 6.54. The molecular formula is C20H23N3O4S. The van der Waals surface area contributed by atoms with Crippen molar-refractivity contribution in [3.05, 3.63) is 39.0 Å². The van der Waals surface area contributed by atoms with Gasteiger partial charge in [-0.05, 0) is 19.4 Å². The largest absolute Gasteiger partial charge is 0.490 e. The smallest absolute Gasteiger partial charge is 0.326 e. The molecule has 148 valence electrons. The summed E-state index contributed by atoms with van der Waals surface area (Å²) >= 11 is 1.51. The van der Waals surface area contributed by atoms with Crippen molar-refractivity contribution in [3.8, 4) is 5.75 Å². The molecule has 1 amide bonds. The van der Waals surface area contributed by atoms with Gasteiger partial charge in [0.1, 0.15) is 17.7 Å².